The number of H-pyrrole nitrogens is 1. The minimum atomic E-state index is -2.38. The van der Waals surface area contributed by atoms with Crippen molar-refractivity contribution in [2.45, 2.75) is 26.3 Å². The third-order valence-corrected chi connectivity index (χ3v) is 2.37. The molecule has 86 valence electrons. The molecule has 5 heteroatoms. The maximum atomic E-state index is 12.3. The molecule has 0 aliphatic rings. The molecule has 0 saturated carbocycles. The zero-order valence-corrected chi connectivity index (χ0v) is 9.09. The van der Waals surface area contributed by atoms with Gasteiger partial charge in [0.25, 0.3) is 6.43 Å². The number of rotatable bonds is 3. The molecule has 0 saturated heterocycles. The molecule has 1 unspecified atom stereocenters. The number of aryl methyl sites for hydroxylation is 1. The van der Waals surface area contributed by atoms with Crippen LogP contribution in [0.2, 0.25) is 0 Å². The number of nitrogens with one attached hydrogen (secondary N) is 2. The lowest BCUT2D eigenvalue weighted by Gasteiger charge is -2.13. The number of benzene rings is 1. The molecular weight excluding hydrogens is 212 g/mol. The van der Waals surface area contributed by atoms with Gasteiger partial charge in [0.2, 0.25) is 0 Å². The number of aromatic amines is 1. The molecule has 1 aromatic heterocycles. The topological polar surface area (TPSA) is 40.7 Å². The summed E-state index contributed by atoms with van der Waals surface area (Å²) in [5, 5.41) is 2.74. The van der Waals surface area contributed by atoms with Gasteiger partial charge in [0.05, 0.1) is 17.1 Å². The quantitative estimate of drug-likeness (QED) is 0.843. The minimum Gasteiger partial charge on any atom is -0.377 e. The van der Waals surface area contributed by atoms with Crippen LogP contribution in [-0.2, 0) is 0 Å². The summed E-state index contributed by atoms with van der Waals surface area (Å²) in [7, 11) is 0. The van der Waals surface area contributed by atoms with E-state index < -0.39 is 12.5 Å². The fourth-order valence-electron chi connectivity index (χ4n) is 1.55. The lowest BCUT2D eigenvalue weighted by molar-refractivity contribution is 0.131. The average molecular weight is 225 g/mol. The highest BCUT2D eigenvalue weighted by atomic mass is 19.3. The number of fused-ring (bicyclic) bond motifs is 1. The van der Waals surface area contributed by atoms with E-state index in [1.807, 2.05) is 6.92 Å². The second-order valence-electron chi connectivity index (χ2n) is 3.82. The van der Waals surface area contributed by atoms with Gasteiger partial charge in [-0.2, -0.15) is 0 Å². The van der Waals surface area contributed by atoms with Crippen molar-refractivity contribution in [2.24, 2.45) is 0 Å². The first kappa shape index (κ1) is 10.9. The molecule has 2 rings (SSSR count). The average Bonchev–Trinajstić information content (AvgIpc) is 2.57. The van der Waals surface area contributed by atoms with Crippen molar-refractivity contribution in [3.05, 3.63) is 24.0 Å². The van der Waals surface area contributed by atoms with E-state index >= 15 is 0 Å². The van der Waals surface area contributed by atoms with Crippen LogP contribution in [0, 0.1) is 6.92 Å². The summed E-state index contributed by atoms with van der Waals surface area (Å²) in [5.74, 6) is 0.814. The number of halogens is 2. The molecule has 0 fully saturated rings. The molecule has 1 atom stereocenters. The zero-order valence-electron chi connectivity index (χ0n) is 9.09. The van der Waals surface area contributed by atoms with Gasteiger partial charge in [0.15, 0.2) is 0 Å². The number of hydrogen-bond donors (Lipinski definition) is 2. The van der Waals surface area contributed by atoms with Crippen molar-refractivity contribution in [3.63, 3.8) is 0 Å². The fourth-order valence-corrected chi connectivity index (χ4v) is 1.55. The van der Waals surface area contributed by atoms with Gasteiger partial charge >= 0.3 is 0 Å². The van der Waals surface area contributed by atoms with Gasteiger partial charge < -0.3 is 10.3 Å². The Labute approximate surface area is 91.9 Å². The largest absolute Gasteiger partial charge is 0.377 e. The second-order valence-corrected chi connectivity index (χ2v) is 3.82. The van der Waals surface area contributed by atoms with Gasteiger partial charge in [-0.05, 0) is 32.0 Å². The van der Waals surface area contributed by atoms with Crippen LogP contribution in [-0.4, -0.2) is 22.4 Å². The molecule has 2 N–H and O–H groups in total. The molecule has 0 aliphatic heterocycles. The third kappa shape index (κ3) is 2.13. The molecule has 1 heterocycles. The molecule has 0 bridgehead atoms. The van der Waals surface area contributed by atoms with Crippen LogP contribution in [0.5, 0.6) is 0 Å². The van der Waals surface area contributed by atoms with Crippen molar-refractivity contribution in [2.75, 3.05) is 5.32 Å². The van der Waals surface area contributed by atoms with Gasteiger partial charge in [-0.15, -0.1) is 0 Å². The van der Waals surface area contributed by atoms with Gasteiger partial charge in [-0.1, -0.05) is 0 Å². The summed E-state index contributed by atoms with van der Waals surface area (Å²) < 4.78 is 24.7. The highest BCUT2D eigenvalue weighted by Gasteiger charge is 2.14. The SMILES string of the molecule is Cc1nc2ccc(NC(C)C(F)F)cc2[nH]1. The van der Waals surface area contributed by atoms with Gasteiger partial charge in [-0.3, -0.25) is 0 Å². The maximum absolute atomic E-state index is 12.3. The highest BCUT2D eigenvalue weighted by molar-refractivity contribution is 5.79. The number of anilines is 1. The van der Waals surface area contributed by atoms with Crippen molar-refractivity contribution < 1.29 is 8.78 Å². The van der Waals surface area contributed by atoms with E-state index in [-0.39, 0.29) is 0 Å². The minimum absolute atomic E-state index is 0.670. The molecule has 2 aromatic rings. The van der Waals surface area contributed by atoms with E-state index in [0.717, 1.165) is 16.9 Å². The first-order valence-corrected chi connectivity index (χ1v) is 5.07. The standard InChI is InChI=1S/C11H13F2N3/c1-6(11(12)13)14-8-3-4-9-10(5-8)16-7(2)15-9/h3-6,11,14H,1-2H3,(H,15,16). The molecule has 0 radical (unpaired) electrons. The normalized spacial score (nSPS) is 13.3. The van der Waals surface area contributed by atoms with Crippen LogP contribution < -0.4 is 5.32 Å². The molecular formula is C11H13F2N3. The van der Waals surface area contributed by atoms with Crippen molar-refractivity contribution >= 4 is 16.7 Å². The molecule has 16 heavy (non-hydrogen) atoms. The molecule has 1 aromatic carbocycles. The Hall–Kier alpha value is -1.65. The Bertz CT molecular complexity index is 493. The summed E-state index contributed by atoms with van der Waals surface area (Å²) >= 11 is 0. The van der Waals surface area contributed by atoms with E-state index in [0.29, 0.717) is 5.69 Å². The number of imidazole rings is 1. The molecule has 0 aliphatic carbocycles. The Morgan fingerprint density at radius 2 is 2.12 bits per heavy atom. The number of nitrogens with zero attached hydrogens (tertiary/aromatic N) is 1. The summed E-state index contributed by atoms with van der Waals surface area (Å²) in [6.45, 7) is 3.31. The Kier molecular flexibility index (Phi) is 2.77. The van der Waals surface area contributed by atoms with E-state index in [2.05, 4.69) is 15.3 Å². The Balaban J connectivity index is 2.25. The molecule has 3 nitrogen and oxygen atoms in total. The summed E-state index contributed by atoms with van der Waals surface area (Å²) in [6, 6.07) is 4.48. The van der Waals surface area contributed by atoms with Crippen LogP contribution in [0.3, 0.4) is 0 Å². The second kappa shape index (κ2) is 4.08. The monoisotopic (exact) mass is 225 g/mol. The fraction of sp³-hybridized carbons (Fsp3) is 0.364. The summed E-state index contributed by atoms with van der Waals surface area (Å²) in [6.07, 6.45) is -2.38. The van der Waals surface area contributed by atoms with Crippen molar-refractivity contribution in [3.8, 4) is 0 Å². The van der Waals surface area contributed by atoms with Crippen LogP contribution in [0.25, 0.3) is 11.0 Å². The number of hydrogen-bond acceptors (Lipinski definition) is 2. The van der Waals surface area contributed by atoms with Crippen LogP contribution in [0.4, 0.5) is 14.5 Å². The predicted octanol–water partition coefficient (Wildman–Crippen LogP) is 2.94. The predicted molar refractivity (Wildman–Crippen MR) is 59.9 cm³/mol. The lowest BCUT2D eigenvalue weighted by Crippen LogP contribution is -2.23. The molecule has 0 spiro atoms. The Morgan fingerprint density at radius 3 is 2.81 bits per heavy atom. The van der Waals surface area contributed by atoms with E-state index in [1.54, 1.807) is 18.2 Å². The third-order valence-electron chi connectivity index (χ3n) is 2.37. The van der Waals surface area contributed by atoms with Crippen LogP contribution in [0.1, 0.15) is 12.7 Å². The molecule has 0 amide bonds. The smallest absolute Gasteiger partial charge is 0.258 e. The maximum Gasteiger partial charge on any atom is 0.258 e. The van der Waals surface area contributed by atoms with Gasteiger partial charge in [-0.25, -0.2) is 13.8 Å². The summed E-state index contributed by atoms with van der Waals surface area (Å²) in [5.41, 5.74) is 2.36. The van der Waals surface area contributed by atoms with Gasteiger partial charge in [0.1, 0.15) is 5.82 Å². The van der Waals surface area contributed by atoms with E-state index in [4.69, 9.17) is 0 Å². The Morgan fingerprint density at radius 1 is 1.38 bits per heavy atom. The zero-order chi connectivity index (χ0) is 11.7. The number of aromatic nitrogens is 2. The van der Waals surface area contributed by atoms with Crippen molar-refractivity contribution in [1.29, 1.82) is 0 Å². The first-order valence-electron chi connectivity index (χ1n) is 5.07. The van der Waals surface area contributed by atoms with E-state index in [9.17, 15) is 8.78 Å². The van der Waals surface area contributed by atoms with E-state index in [1.165, 1.54) is 6.92 Å². The lowest BCUT2D eigenvalue weighted by atomic mass is 10.2. The first-order chi connectivity index (χ1) is 7.56. The number of alkyl halides is 2. The van der Waals surface area contributed by atoms with Crippen molar-refractivity contribution in [1.82, 2.24) is 9.97 Å². The van der Waals surface area contributed by atoms with Gasteiger partial charge in [0, 0.05) is 5.69 Å². The summed E-state index contributed by atoms with van der Waals surface area (Å²) in [4.78, 5) is 7.30. The van der Waals surface area contributed by atoms with Crippen LogP contribution >= 0.6 is 0 Å². The van der Waals surface area contributed by atoms with Crippen LogP contribution in [0.15, 0.2) is 18.2 Å². The highest BCUT2D eigenvalue weighted by Crippen LogP contribution is 2.18.